The third-order valence-electron chi connectivity index (χ3n) is 0.482. The van der Waals surface area contributed by atoms with Gasteiger partial charge in [0, 0.05) is 0 Å². The molecule has 0 aromatic heterocycles. The van der Waals surface area contributed by atoms with Gasteiger partial charge in [-0.25, -0.2) is 10.5 Å². The standard InChI is InChI=1S/C2H4.2Na.2H4O6P2/c1-2;;;2*1-5-8(4)6-7(2)3/h1-2H2;;;2*1,7-8H,(H,2,3)/q;2*+1;;/p-2. The third kappa shape index (κ3) is 37.0. The van der Waals surface area contributed by atoms with Crippen molar-refractivity contribution in [1.29, 1.82) is 0 Å². The van der Waals surface area contributed by atoms with Crippen molar-refractivity contribution in [3.8, 4) is 0 Å². The summed E-state index contributed by atoms with van der Waals surface area (Å²) in [5, 5.41) is 14.9. The molecule has 4 unspecified atom stereocenters. The van der Waals surface area contributed by atoms with Crippen molar-refractivity contribution in [3.63, 3.8) is 0 Å². The van der Waals surface area contributed by atoms with Crippen LogP contribution in [-0.2, 0) is 36.2 Å². The molecular weight excluding hydrogens is 386 g/mol. The summed E-state index contributed by atoms with van der Waals surface area (Å²) in [6.45, 7) is 6.00. The maximum absolute atomic E-state index is 9.74. The Morgan fingerprint density at radius 3 is 1.00 bits per heavy atom. The Morgan fingerprint density at radius 2 is 0.950 bits per heavy atom. The molecule has 4 atom stereocenters. The SMILES string of the molecule is C=C.O=[PH]([O-])O[PH](=O)OO.O=[PH]([O-])O[PH](=O)OO.[Na+].[Na+]. The van der Waals surface area contributed by atoms with Crippen LogP contribution in [-0.4, -0.2) is 10.5 Å². The Labute approximate surface area is 160 Å². The maximum Gasteiger partial charge on any atom is 1.00 e. The fourth-order valence-electron chi connectivity index (χ4n) is 0.173. The molecular formula is C2H10Na2O12P4. The molecule has 0 amide bonds. The Hall–Kier alpha value is 2.34. The molecule has 112 valence electrons. The molecule has 18 heteroatoms. The van der Waals surface area contributed by atoms with E-state index in [2.05, 4.69) is 31.1 Å². The fourth-order valence-corrected chi connectivity index (χ4v) is 1.56. The van der Waals surface area contributed by atoms with Crippen molar-refractivity contribution in [2.75, 3.05) is 0 Å². The molecule has 0 aliphatic heterocycles. The van der Waals surface area contributed by atoms with Gasteiger partial charge in [-0.15, -0.1) is 13.2 Å². The summed E-state index contributed by atoms with van der Waals surface area (Å²) in [5.74, 6) is 0. The monoisotopic (exact) mass is 396 g/mol. The van der Waals surface area contributed by atoms with Gasteiger partial charge in [-0.05, 0) is 0 Å². The van der Waals surface area contributed by atoms with Crippen LogP contribution in [0.15, 0.2) is 13.2 Å². The van der Waals surface area contributed by atoms with Crippen molar-refractivity contribution in [3.05, 3.63) is 13.2 Å². The van der Waals surface area contributed by atoms with Crippen LogP contribution in [0.25, 0.3) is 0 Å². The zero-order chi connectivity index (χ0) is 15.1. The van der Waals surface area contributed by atoms with E-state index in [1.165, 1.54) is 0 Å². The Balaban J connectivity index is -0.0000000611. The smallest absolute Gasteiger partial charge is 0.781 e. The van der Waals surface area contributed by atoms with E-state index in [1.807, 2.05) is 0 Å². The Morgan fingerprint density at radius 1 is 0.750 bits per heavy atom. The quantitative estimate of drug-likeness (QED) is 0.142. The molecule has 0 heterocycles. The van der Waals surface area contributed by atoms with Crippen LogP contribution in [0.2, 0.25) is 0 Å². The molecule has 0 rings (SSSR count). The van der Waals surface area contributed by atoms with Crippen LogP contribution in [0.3, 0.4) is 0 Å². The summed E-state index contributed by atoms with van der Waals surface area (Å²) in [4.78, 5) is 18.9. The maximum atomic E-state index is 9.74. The van der Waals surface area contributed by atoms with E-state index in [1.54, 1.807) is 0 Å². The van der Waals surface area contributed by atoms with Crippen molar-refractivity contribution in [1.82, 2.24) is 0 Å². The van der Waals surface area contributed by atoms with Crippen LogP contribution in [0.4, 0.5) is 0 Å². The van der Waals surface area contributed by atoms with Crippen LogP contribution < -0.4 is 68.9 Å². The topological polar surface area (TPSA) is 192 Å². The van der Waals surface area contributed by atoms with E-state index in [-0.39, 0.29) is 59.1 Å². The van der Waals surface area contributed by atoms with Crippen LogP contribution >= 0.6 is 33.0 Å². The molecule has 0 aromatic rings. The number of hydrogen-bond acceptors (Lipinski definition) is 12. The Bertz CT molecular complexity index is 269. The average Bonchev–Trinajstić information content (AvgIpc) is 2.30. The van der Waals surface area contributed by atoms with E-state index in [0.29, 0.717) is 0 Å². The molecule has 12 nitrogen and oxygen atoms in total. The fraction of sp³-hybridized carbons (Fsp3) is 0. The number of hydrogen-bond donors (Lipinski definition) is 2. The first kappa shape index (κ1) is 33.8. The molecule has 0 fully saturated rings. The van der Waals surface area contributed by atoms with Gasteiger partial charge in [0.1, 0.15) is 16.5 Å². The first-order chi connectivity index (χ1) is 8.33. The predicted octanol–water partition coefficient (Wildman–Crippen LogP) is -5.93. The second kappa shape index (κ2) is 26.2. The Kier molecular flexibility index (Phi) is 44.4. The van der Waals surface area contributed by atoms with Crippen molar-refractivity contribution < 1.29 is 116 Å². The summed E-state index contributed by atoms with van der Waals surface area (Å²) in [5.41, 5.74) is 0. The van der Waals surface area contributed by atoms with Crippen molar-refractivity contribution >= 4 is 33.0 Å². The zero-order valence-electron chi connectivity index (χ0n) is 10.4. The van der Waals surface area contributed by atoms with Crippen LogP contribution in [0.1, 0.15) is 0 Å². The molecule has 0 aliphatic carbocycles. The molecule has 0 aromatic carbocycles. The molecule has 0 saturated carbocycles. The number of rotatable bonds is 6. The summed E-state index contributed by atoms with van der Waals surface area (Å²) in [7, 11) is -13.4. The molecule has 0 radical (unpaired) electrons. The summed E-state index contributed by atoms with van der Waals surface area (Å²) >= 11 is 0. The van der Waals surface area contributed by atoms with Gasteiger partial charge in [0.2, 0.25) is 0 Å². The minimum atomic E-state index is -3.50. The molecule has 0 aliphatic rings. The second-order valence-electron chi connectivity index (χ2n) is 1.39. The van der Waals surface area contributed by atoms with Gasteiger partial charge in [0.25, 0.3) is 0 Å². The first-order valence-electron chi connectivity index (χ1n) is 3.31. The average molecular weight is 396 g/mol. The second-order valence-corrected chi connectivity index (χ2v) is 5.38. The minimum Gasteiger partial charge on any atom is -0.781 e. The molecule has 0 bridgehead atoms. The van der Waals surface area contributed by atoms with Gasteiger partial charge in [-0.1, -0.05) is 0 Å². The van der Waals surface area contributed by atoms with E-state index in [4.69, 9.17) is 10.5 Å². The molecule has 20 heavy (non-hydrogen) atoms. The van der Waals surface area contributed by atoms with Crippen LogP contribution in [0.5, 0.6) is 0 Å². The van der Waals surface area contributed by atoms with Crippen molar-refractivity contribution in [2.24, 2.45) is 0 Å². The zero-order valence-corrected chi connectivity index (χ0v) is 18.4. The van der Waals surface area contributed by atoms with Gasteiger partial charge in [-0.2, -0.15) is 9.35 Å². The van der Waals surface area contributed by atoms with Gasteiger partial charge >= 0.3 is 75.6 Å². The van der Waals surface area contributed by atoms with Gasteiger partial charge in [0.15, 0.2) is 0 Å². The van der Waals surface area contributed by atoms with E-state index in [0.717, 1.165) is 0 Å². The third-order valence-corrected chi connectivity index (χ3v) is 3.45. The largest absolute Gasteiger partial charge is 1.00 e. The van der Waals surface area contributed by atoms with E-state index >= 15 is 0 Å². The van der Waals surface area contributed by atoms with Crippen LogP contribution in [0, 0.1) is 0 Å². The summed E-state index contributed by atoms with van der Waals surface area (Å²) in [6, 6.07) is 0. The molecule has 0 saturated heterocycles. The van der Waals surface area contributed by atoms with E-state index < -0.39 is 33.0 Å². The summed E-state index contributed by atoms with van der Waals surface area (Å²) < 4.78 is 51.3. The van der Waals surface area contributed by atoms with Crippen molar-refractivity contribution in [2.45, 2.75) is 0 Å². The molecule has 0 spiro atoms. The van der Waals surface area contributed by atoms with Gasteiger partial charge in [0.05, 0.1) is 0 Å². The first-order valence-corrected chi connectivity index (χ1v) is 8.21. The van der Waals surface area contributed by atoms with Gasteiger partial charge < -0.3 is 18.9 Å². The normalized spacial score (nSPS) is 14.4. The minimum absolute atomic E-state index is 0. The summed E-state index contributed by atoms with van der Waals surface area (Å²) in [6.07, 6.45) is 0. The predicted molar refractivity (Wildman–Crippen MR) is 56.9 cm³/mol. The molecule has 2 N–H and O–H groups in total. The van der Waals surface area contributed by atoms with Gasteiger partial charge in [-0.3, -0.25) is 17.8 Å². The van der Waals surface area contributed by atoms with E-state index in [9.17, 15) is 28.0 Å².